The standard InChI is InChI=1S/C16H25N3O2S/c1-13-11-22-14(17-13)10-18-5-3-16(4-6-18)9-15(20)19(12-16)7-8-21-2/h11H,3-10,12H2,1-2H3. The van der Waals surface area contributed by atoms with Crippen LogP contribution in [0.2, 0.25) is 0 Å². The number of hydrogen-bond donors (Lipinski definition) is 0. The van der Waals surface area contributed by atoms with Gasteiger partial charge in [0.1, 0.15) is 5.01 Å². The molecule has 6 heteroatoms. The number of thiazole rings is 1. The first kappa shape index (κ1) is 15.9. The largest absolute Gasteiger partial charge is 0.383 e. The van der Waals surface area contributed by atoms with Gasteiger partial charge < -0.3 is 9.64 Å². The Balaban J connectivity index is 1.52. The predicted octanol–water partition coefficient (Wildman–Crippen LogP) is 1.91. The highest BCUT2D eigenvalue weighted by Crippen LogP contribution is 2.41. The summed E-state index contributed by atoms with van der Waals surface area (Å²) in [5.41, 5.74) is 1.32. The number of rotatable bonds is 5. The van der Waals surface area contributed by atoms with Gasteiger partial charge in [0.15, 0.2) is 0 Å². The third-order valence-electron chi connectivity index (χ3n) is 4.91. The number of amides is 1. The highest BCUT2D eigenvalue weighted by Gasteiger charge is 2.44. The number of methoxy groups -OCH3 is 1. The van der Waals surface area contributed by atoms with Gasteiger partial charge in [-0.3, -0.25) is 9.69 Å². The van der Waals surface area contributed by atoms with Crippen molar-refractivity contribution in [2.24, 2.45) is 5.41 Å². The molecular formula is C16H25N3O2S. The Hall–Kier alpha value is -0.980. The van der Waals surface area contributed by atoms with Crippen LogP contribution in [-0.4, -0.2) is 60.6 Å². The summed E-state index contributed by atoms with van der Waals surface area (Å²) in [6.45, 7) is 7.43. The Morgan fingerprint density at radius 2 is 2.18 bits per heavy atom. The maximum atomic E-state index is 12.2. The molecule has 0 atom stereocenters. The van der Waals surface area contributed by atoms with Crippen LogP contribution in [0, 0.1) is 12.3 Å². The van der Waals surface area contributed by atoms with Crippen LogP contribution in [0.25, 0.3) is 0 Å². The van der Waals surface area contributed by atoms with Crippen molar-refractivity contribution in [2.45, 2.75) is 32.7 Å². The van der Waals surface area contributed by atoms with Gasteiger partial charge in [-0.15, -0.1) is 11.3 Å². The van der Waals surface area contributed by atoms with E-state index in [1.807, 2.05) is 11.8 Å². The second-order valence-corrected chi connectivity index (χ2v) is 7.59. The molecule has 0 aliphatic carbocycles. The molecule has 3 rings (SSSR count). The molecule has 0 radical (unpaired) electrons. The number of carbonyl (C=O) groups is 1. The van der Waals surface area contributed by atoms with Crippen molar-refractivity contribution in [1.29, 1.82) is 0 Å². The molecule has 1 aromatic rings. The molecule has 1 spiro atoms. The van der Waals surface area contributed by atoms with Crippen molar-refractivity contribution in [3.05, 3.63) is 16.1 Å². The summed E-state index contributed by atoms with van der Waals surface area (Å²) in [7, 11) is 1.69. The maximum absolute atomic E-state index is 12.2. The first-order chi connectivity index (χ1) is 10.6. The van der Waals surface area contributed by atoms with Gasteiger partial charge in [-0.25, -0.2) is 4.98 Å². The highest BCUT2D eigenvalue weighted by molar-refractivity contribution is 7.09. The van der Waals surface area contributed by atoms with Gasteiger partial charge in [0.05, 0.1) is 13.2 Å². The van der Waals surface area contributed by atoms with Crippen LogP contribution in [0.3, 0.4) is 0 Å². The Kier molecular flexibility index (Phi) is 4.80. The number of nitrogens with zero attached hydrogens (tertiary/aromatic N) is 3. The zero-order valence-electron chi connectivity index (χ0n) is 13.5. The molecule has 3 heterocycles. The van der Waals surface area contributed by atoms with E-state index in [1.165, 1.54) is 5.01 Å². The van der Waals surface area contributed by atoms with E-state index in [0.717, 1.165) is 57.7 Å². The summed E-state index contributed by atoms with van der Waals surface area (Å²) < 4.78 is 5.11. The minimum Gasteiger partial charge on any atom is -0.383 e. The third-order valence-corrected chi connectivity index (χ3v) is 5.86. The highest BCUT2D eigenvalue weighted by atomic mass is 32.1. The zero-order chi connectivity index (χ0) is 15.6. The van der Waals surface area contributed by atoms with E-state index in [-0.39, 0.29) is 5.41 Å². The summed E-state index contributed by atoms with van der Waals surface area (Å²) in [4.78, 5) is 21.2. The summed E-state index contributed by atoms with van der Waals surface area (Å²) >= 11 is 1.75. The van der Waals surface area contributed by atoms with Crippen molar-refractivity contribution < 1.29 is 9.53 Å². The van der Waals surface area contributed by atoms with Gasteiger partial charge >= 0.3 is 0 Å². The fourth-order valence-corrected chi connectivity index (χ4v) is 4.39. The van der Waals surface area contributed by atoms with E-state index in [1.54, 1.807) is 18.4 Å². The molecular weight excluding hydrogens is 298 g/mol. The van der Waals surface area contributed by atoms with E-state index in [4.69, 9.17) is 4.74 Å². The number of piperidine rings is 1. The molecule has 5 nitrogen and oxygen atoms in total. The van der Waals surface area contributed by atoms with Crippen LogP contribution in [0.4, 0.5) is 0 Å². The van der Waals surface area contributed by atoms with Crippen molar-refractivity contribution in [3.8, 4) is 0 Å². The Morgan fingerprint density at radius 3 is 2.82 bits per heavy atom. The predicted molar refractivity (Wildman–Crippen MR) is 86.9 cm³/mol. The van der Waals surface area contributed by atoms with Crippen LogP contribution < -0.4 is 0 Å². The van der Waals surface area contributed by atoms with Crippen LogP contribution in [-0.2, 0) is 16.1 Å². The van der Waals surface area contributed by atoms with E-state index in [2.05, 4.69) is 15.3 Å². The average molecular weight is 323 g/mol. The third kappa shape index (κ3) is 3.50. The van der Waals surface area contributed by atoms with Crippen molar-refractivity contribution in [3.63, 3.8) is 0 Å². The summed E-state index contributed by atoms with van der Waals surface area (Å²) in [6, 6.07) is 0. The number of ether oxygens (including phenoxy) is 1. The van der Waals surface area contributed by atoms with E-state index in [0.29, 0.717) is 12.5 Å². The maximum Gasteiger partial charge on any atom is 0.223 e. The molecule has 1 aromatic heterocycles. The molecule has 0 bridgehead atoms. The first-order valence-corrected chi connectivity index (χ1v) is 8.88. The minimum absolute atomic E-state index is 0.208. The van der Waals surface area contributed by atoms with Crippen LogP contribution >= 0.6 is 11.3 Å². The molecule has 2 aliphatic heterocycles. The molecule has 0 aromatic carbocycles. The molecule has 0 N–H and O–H groups in total. The quantitative estimate of drug-likeness (QED) is 0.830. The van der Waals surface area contributed by atoms with Crippen LogP contribution in [0.1, 0.15) is 30.0 Å². The van der Waals surface area contributed by atoms with Gasteiger partial charge in [0.25, 0.3) is 0 Å². The van der Waals surface area contributed by atoms with Gasteiger partial charge in [0, 0.05) is 37.7 Å². The molecule has 0 saturated carbocycles. The fraction of sp³-hybridized carbons (Fsp3) is 0.750. The topological polar surface area (TPSA) is 45.7 Å². The lowest BCUT2D eigenvalue weighted by Crippen LogP contribution is -2.41. The minimum atomic E-state index is 0.208. The SMILES string of the molecule is COCCN1CC2(CCN(Cc3nc(C)cs3)CC2)CC1=O. The molecule has 2 saturated heterocycles. The van der Waals surface area contributed by atoms with Crippen LogP contribution in [0.15, 0.2) is 5.38 Å². The summed E-state index contributed by atoms with van der Waals surface area (Å²) in [5, 5.41) is 3.32. The summed E-state index contributed by atoms with van der Waals surface area (Å²) in [5.74, 6) is 0.307. The summed E-state index contributed by atoms with van der Waals surface area (Å²) in [6.07, 6.45) is 2.96. The van der Waals surface area contributed by atoms with Gasteiger partial charge in [-0.05, 0) is 38.3 Å². The normalized spacial score (nSPS) is 21.9. The van der Waals surface area contributed by atoms with Gasteiger partial charge in [-0.2, -0.15) is 0 Å². The number of carbonyl (C=O) groups excluding carboxylic acids is 1. The Bertz CT molecular complexity index is 523. The first-order valence-electron chi connectivity index (χ1n) is 8.00. The number of aryl methyl sites for hydroxylation is 1. The van der Waals surface area contributed by atoms with Crippen LogP contribution in [0.5, 0.6) is 0 Å². The zero-order valence-corrected chi connectivity index (χ0v) is 14.3. The van der Waals surface area contributed by atoms with Gasteiger partial charge in [0.2, 0.25) is 5.91 Å². The average Bonchev–Trinajstić information content (AvgIpc) is 3.04. The smallest absolute Gasteiger partial charge is 0.223 e. The second kappa shape index (κ2) is 6.64. The van der Waals surface area contributed by atoms with Gasteiger partial charge in [-0.1, -0.05) is 0 Å². The lowest BCUT2D eigenvalue weighted by molar-refractivity contribution is -0.128. The van der Waals surface area contributed by atoms with Crippen molar-refractivity contribution in [2.75, 3.05) is 39.9 Å². The Morgan fingerprint density at radius 1 is 1.41 bits per heavy atom. The lowest BCUT2D eigenvalue weighted by Gasteiger charge is -2.38. The molecule has 2 fully saturated rings. The van der Waals surface area contributed by atoms with E-state index >= 15 is 0 Å². The monoisotopic (exact) mass is 323 g/mol. The fourth-order valence-electron chi connectivity index (χ4n) is 3.57. The molecule has 2 aliphatic rings. The molecule has 22 heavy (non-hydrogen) atoms. The molecule has 0 unspecified atom stereocenters. The van der Waals surface area contributed by atoms with E-state index in [9.17, 15) is 4.79 Å². The van der Waals surface area contributed by atoms with Crippen molar-refractivity contribution in [1.82, 2.24) is 14.8 Å². The Labute approximate surface area is 136 Å². The number of hydrogen-bond acceptors (Lipinski definition) is 5. The lowest BCUT2D eigenvalue weighted by atomic mass is 9.77. The molecule has 122 valence electrons. The number of aromatic nitrogens is 1. The second-order valence-electron chi connectivity index (χ2n) is 6.64. The van der Waals surface area contributed by atoms with Crippen molar-refractivity contribution >= 4 is 17.2 Å². The molecule has 1 amide bonds. The number of likely N-dealkylation sites (tertiary alicyclic amines) is 2. The van der Waals surface area contributed by atoms with E-state index < -0.39 is 0 Å².